The summed E-state index contributed by atoms with van der Waals surface area (Å²) in [5.41, 5.74) is 3.05. The van der Waals surface area contributed by atoms with E-state index in [9.17, 15) is 43.7 Å². The molecule has 0 amide bonds. The number of aromatic nitrogens is 8. The van der Waals surface area contributed by atoms with Gasteiger partial charge < -0.3 is 23.6 Å². The van der Waals surface area contributed by atoms with Crippen LogP contribution < -0.4 is 88.7 Å². The number of aldehydes is 1. The number of benzene rings is 5. The van der Waals surface area contributed by atoms with Crippen molar-refractivity contribution < 1.29 is 132 Å². The zero-order valence-electron chi connectivity index (χ0n) is 32.8. The second-order valence-electron chi connectivity index (χ2n) is 13.6. The Morgan fingerprint density at radius 3 is 1.21 bits per heavy atom. The molecule has 0 spiro atoms. The minimum absolute atomic E-state index is 0. The number of hydrogen-bond donors (Lipinski definition) is 2. The van der Waals surface area contributed by atoms with Crippen molar-refractivity contribution in [2.45, 2.75) is 14.7 Å². The number of carbonyl (C=O) groups is 1. The third-order valence-electron chi connectivity index (χ3n) is 9.99. The van der Waals surface area contributed by atoms with Crippen LogP contribution in [0.15, 0.2) is 112 Å². The largest absolute Gasteiger partial charge is 1.00 e. The second-order valence-corrected chi connectivity index (χ2v) is 17.7. The van der Waals surface area contributed by atoms with E-state index >= 15 is 0 Å². The summed E-state index contributed by atoms with van der Waals surface area (Å²) < 4.78 is 110. The number of hydrogen-bond acceptors (Lipinski definition) is 16. The third-order valence-corrected chi connectivity index (χ3v) is 12.5. The second kappa shape index (κ2) is 17.0. The van der Waals surface area contributed by atoms with E-state index in [1.54, 1.807) is 36.4 Å². The van der Waals surface area contributed by atoms with Crippen LogP contribution in [-0.2, 0) is 30.4 Å². The molecule has 63 heavy (non-hydrogen) atoms. The molecule has 0 saturated heterocycles. The van der Waals surface area contributed by atoms with Gasteiger partial charge in [-0.15, -0.1) is 0 Å². The van der Waals surface area contributed by atoms with Crippen LogP contribution in [0.3, 0.4) is 0 Å². The van der Waals surface area contributed by atoms with Crippen LogP contribution in [0.5, 0.6) is 0 Å². The minimum Gasteiger partial charge on any atom is -0.744 e. The predicted octanol–water partition coefficient (Wildman–Crippen LogP) is -3.93. The molecule has 8 aromatic rings. The Morgan fingerprint density at radius 1 is 0.397 bits per heavy atom. The van der Waals surface area contributed by atoms with Crippen LogP contribution in [0, 0.1) is 0 Å². The number of nitrogens with one attached hydrogen (secondary N) is 2. The molecule has 0 unspecified atom stereocenters. The van der Waals surface area contributed by atoms with Gasteiger partial charge in [-0.25, -0.2) is 55.2 Å². The Kier molecular flexibility index (Phi) is 12.6. The van der Waals surface area contributed by atoms with Crippen molar-refractivity contribution >= 4 is 80.8 Å². The van der Waals surface area contributed by atoms with Gasteiger partial charge in [0.1, 0.15) is 59.2 Å². The molecule has 5 aromatic carbocycles. The van der Waals surface area contributed by atoms with E-state index < -0.39 is 45.0 Å². The van der Waals surface area contributed by atoms with E-state index in [0.29, 0.717) is 16.3 Å². The molecule has 8 bridgehead atoms. The first-order valence-corrected chi connectivity index (χ1v) is 21.6. The van der Waals surface area contributed by atoms with Crippen molar-refractivity contribution in [3.8, 4) is 56.7 Å². The van der Waals surface area contributed by atoms with Crippen molar-refractivity contribution in [2.24, 2.45) is 0 Å². The van der Waals surface area contributed by atoms with Crippen molar-refractivity contribution in [1.29, 1.82) is 0 Å². The van der Waals surface area contributed by atoms with Crippen LogP contribution in [0.2, 0.25) is 0 Å². The molecule has 0 atom stereocenters. The summed E-state index contributed by atoms with van der Waals surface area (Å²) in [5, 5.41) is 1.33. The Balaban J connectivity index is 0.00000198. The maximum atomic E-state index is 12.2. The summed E-state index contributed by atoms with van der Waals surface area (Å²) in [6.07, 6.45) is 0.724. The van der Waals surface area contributed by atoms with E-state index in [-0.39, 0.29) is 168 Å². The van der Waals surface area contributed by atoms with Gasteiger partial charge in [0.2, 0.25) is 0 Å². The molecule has 0 aliphatic carbocycles. The maximum absolute atomic E-state index is 12.2. The van der Waals surface area contributed by atoms with Crippen LogP contribution in [0.25, 0.3) is 101 Å². The number of fused-ring (bicyclic) bond motifs is 20. The number of nitrogens with zero attached hydrogens (tertiary/aromatic N) is 6. The van der Waals surface area contributed by atoms with Crippen molar-refractivity contribution in [3.05, 3.63) is 103 Å². The molecule has 18 nitrogen and oxygen atoms in total. The van der Waals surface area contributed by atoms with Gasteiger partial charge in [-0.2, -0.15) is 0 Å². The molecule has 3 aromatic heterocycles. The van der Waals surface area contributed by atoms with E-state index in [4.69, 9.17) is 9.97 Å². The normalized spacial score (nSPS) is 12.1. The molecule has 2 N–H and O–H groups in total. The molecule has 0 fully saturated rings. The topological polar surface area (TPSA) is 298 Å². The number of carbonyl (C=O) groups excluding carboxylic acids is 1. The molecular weight excluding hydrogens is 906 g/mol. The quantitative estimate of drug-likeness (QED) is 0.0947. The summed E-state index contributed by atoms with van der Waals surface area (Å²) in [6, 6.07) is 22.8. The first-order chi connectivity index (χ1) is 28.5. The fourth-order valence-electron chi connectivity index (χ4n) is 7.13. The monoisotopic (exact) mass is 924 g/mol. The third kappa shape index (κ3) is 8.49. The molecule has 24 heteroatoms. The van der Waals surface area contributed by atoms with Gasteiger partial charge in [-0.1, -0.05) is 30.3 Å². The van der Waals surface area contributed by atoms with Crippen LogP contribution in [0.4, 0.5) is 0 Å². The van der Waals surface area contributed by atoms with E-state index in [1.165, 1.54) is 18.2 Å². The van der Waals surface area contributed by atoms with Crippen molar-refractivity contribution in [3.63, 3.8) is 0 Å². The summed E-state index contributed by atoms with van der Waals surface area (Å²) in [6.45, 7) is 0. The van der Waals surface area contributed by atoms with Crippen LogP contribution >= 0.6 is 0 Å². The summed E-state index contributed by atoms with van der Waals surface area (Å²) in [7, 11) is -14.9. The average Bonchev–Trinajstić information content (AvgIpc) is 3.94. The fourth-order valence-corrected chi connectivity index (χ4v) is 8.62. The molecule has 5 heterocycles. The van der Waals surface area contributed by atoms with Gasteiger partial charge in [0.05, 0.1) is 14.7 Å². The zero-order chi connectivity index (χ0) is 41.9. The fraction of sp³-hybridized carbons (Fsp3) is 0. The summed E-state index contributed by atoms with van der Waals surface area (Å²) in [5.74, 6) is -0.189. The van der Waals surface area contributed by atoms with Gasteiger partial charge in [-0.3, -0.25) is 4.79 Å². The number of aromatic amines is 2. The van der Waals surface area contributed by atoms with Gasteiger partial charge >= 0.3 is 88.7 Å². The van der Waals surface area contributed by atoms with Crippen molar-refractivity contribution in [1.82, 2.24) is 39.9 Å². The van der Waals surface area contributed by atoms with Crippen molar-refractivity contribution in [2.75, 3.05) is 0 Å². The SMILES string of the molecule is O=Cc1ccc(-c2ccc3c4nc5nc(nc6[nH]c(nc7nc(nc([nH]4)c3c2)-c2ccc(S(=O)(=O)[O-])cc2-7)c2ccc(S(=O)(=O)[O-])cc62)-c2ccc(S(=O)(=O)[O-])cc2-5)cc1.[Na+].[Na+].[Na+]. The molecule has 0 saturated carbocycles. The predicted molar refractivity (Wildman–Crippen MR) is 211 cm³/mol. The Hall–Kier alpha value is -4.14. The van der Waals surface area contributed by atoms with Crippen LogP contribution in [0.1, 0.15) is 10.4 Å². The average molecular weight is 925 g/mol. The molecule has 296 valence electrons. The number of rotatable bonds is 5. The van der Waals surface area contributed by atoms with Gasteiger partial charge in [0.15, 0.2) is 23.3 Å². The molecule has 2 aliphatic heterocycles. The molecule has 10 rings (SSSR count). The molecule has 0 radical (unpaired) electrons. The number of H-pyrrole nitrogens is 2. The smallest absolute Gasteiger partial charge is 0.744 e. The Labute approximate surface area is 422 Å². The van der Waals surface area contributed by atoms with E-state index in [0.717, 1.165) is 53.8 Å². The summed E-state index contributed by atoms with van der Waals surface area (Å²) in [4.78, 5) is 44.1. The molecule has 2 aliphatic rings. The van der Waals surface area contributed by atoms with Gasteiger partial charge in [-0.05, 0) is 77.9 Å². The molecular formula is C39H19N8Na3O10S3. The first kappa shape index (κ1) is 46.8. The van der Waals surface area contributed by atoms with Gasteiger partial charge in [0.25, 0.3) is 0 Å². The van der Waals surface area contributed by atoms with Crippen LogP contribution in [-0.4, -0.2) is 85.1 Å². The Bertz CT molecular complexity index is 3760. The first-order valence-electron chi connectivity index (χ1n) is 17.3. The minimum atomic E-state index is -4.97. The standard InChI is InChI=1S/C39H22N8O10S3.3Na/c48-17-18-1-3-19(4-2-18)20-5-9-24-28(13-20)36-40-32(24)42-37-30-15-22(59(52,53)54)7-11-26(30)34(44-37)46-39-31-16-23(60(55,56)57)8-12-27(31)35(47-39)45-38-29-14-21(58(49,50)51)6-10-25(29)33(41-36)43-38;;;/h1-17H,(H,49,50,51)(H,52,53,54)(H,55,56,57)(H2,40,41,42,43,44,45,46,47);;;/q;3*+1/p-3. The zero-order valence-corrected chi connectivity index (χ0v) is 41.3. The Morgan fingerprint density at radius 2 is 0.762 bits per heavy atom. The van der Waals surface area contributed by atoms with E-state index in [1.807, 2.05) is 6.07 Å². The van der Waals surface area contributed by atoms with E-state index in [2.05, 4.69) is 29.9 Å². The maximum Gasteiger partial charge on any atom is 1.00 e. The summed E-state index contributed by atoms with van der Waals surface area (Å²) >= 11 is 0. The van der Waals surface area contributed by atoms with Gasteiger partial charge in [0, 0.05) is 49.4 Å².